The van der Waals surface area contributed by atoms with E-state index in [2.05, 4.69) is 10.6 Å². The van der Waals surface area contributed by atoms with E-state index in [1.807, 2.05) is 4.90 Å². The number of aliphatic hydroxyl groups excluding tert-OH is 1. The highest BCUT2D eigenvalue weighted by Crippen LogP contribution is 2.19. The van der Waals surface area contributed by atoms with E-state index in [0.717, 1.165) is 38.8 Å². The van der Waals surface area contributed by atoms with Gasteiger partial charge >= 0.3 is 6.03 Å². The van der Waals surface area contributed by atoms with Crippen LogP contribution in [0, 0.1) is 5.92 Å². The molecule has 2 aliphatic rings. The molecule has 6 heteroatoms. The molecular weight excluding hydrogens is 234 g/mol. The molecule has 1 saturated heterocycles. The smallest absolute Gasteiger partial charge is 0.321 e. The van der Waals surface area contributed by atoms with Gasteiger partial charge in [0, 0.05) is 19.2 Å². The van der Waals surface area contributed by atoms with Gasteiger partial charge in [0.15, 0.2) is 0 Å². The Morgan fingerprint density at radius 2 is 2.06 bits per heavy atom. The Morgan fingerprint density at radius 1 is 1.28 bits per heavy atom. The van der Waals surface area contributed by atoms with Gasteiger partial charge < -0.3 is 10.4 Å². The first-order valence-corrected chi connectivity index (χ1v) is 6.61. The first-order chi connectivity index (χ1) is 8.67. The Morgan fingerprint density at radius 3 is 2.72 bits per heavy atom. The lowest BCUT2D eigenvalue weighted by atomic mass is 10.1. The van der Waals surface area contributed by atoms with Crippen LogP contribution in [0.3, 0.4) is 0 Å². The largest absolute Gasteiger partial charge is 0.396 e. The predicted octanol–water partition coefficient (Wildman–Crippen LogP) is -0.321. The molecule has 0 spiro atoms. The van der Waals surface area contributed by atoms with Crippen molar-refractivity contribution in [2.24, 2.45) is 5.92 Å². The summed E-state index contributed by atoms with van der Waals surface area (Å²) in [5.74, 6) is 0.223. The molecule has 0 aromatic carbocycles. The molecule has 1 heterocycles. The molecule has 1 atom stereocenters. The SMILES string of the molecule is O=C(CN1CCC(CCO)C1)NC(=O)NC1CC1. The van der Waals surface area contributed by atoms with E-state index < -0.39 is 0 Å². The lowest BCUT2D eigenvalue weighted by Gasteiger charge is -2.15. The van der Waals surface area contributed by atoms with E-state index in [0.29, 0.717) is 5.92 Å². The monoisotopic (exact) mass is 255 g/mol. The standard InChI is InChI=1S/C12H21N3O3/c16-6-4-9-3-5-15(7-9)8-11(17)14-12(18)13-10-1-2-10/h9-10,16H,1-8H2,(H2,13,14,17,18). The minimum absolute atomic E-state index is 0.203. The number of aliphatic hydroxyl groups is 1. The van der Waals surface area contributed by atoms with Gasteiger partial charge in [0.1, 0.15) is 0 Å². The van der Waals surface area contributed by atoms with Crippen molar-refractivity contribution in [2.45, 2.75) is 31.7 Å². The fraction of sp³-hybridized carbons (Fsp3) is 0.833. The van der Waals surface area contributed by atoms with Gasteiger partial charge in [0.2, 0.25) is 5.91 Å². The van der Waals surface area contributed by atoms with Crippen LogP contribution in [0.25, 0.3) is 0 Å². The third-order valence-corrected chi connectivity index (χ3v) is 3.44. The van der Waals surface area contributed by atoms with E-state index in [9.17, 15) is 9.59 Å². The average molecular weight is 255 g/mol. The number of imide groups is 1. The number of nitrogens with zero attached hydrogens (tertiary/aromatic N) is 1. The van der Waals surface area contributed by atoms with E-state index >= 15 is 0 Å². The molecule has 3 N–H and O–H groups in total. The second kappa shape index (κ2) is 6.15. The molecule has 2 fully saturated rings. The minimum atomic E-state index is -0.381. The summed E-state index contributed by atoms with van der Waals surface area (Å²) >= 11 is 0. The van der Waals surface area contributed by atoms with Gasteiger partial charge in [0.05, 0.1) is 6.54 Å². The normalized spacial score (nSPS) is 23.9. The molecular formula is C12H21N3O3. The number of amides is 3. The van der Waals surface area contributed by atoms with E-state index in [-0.39, 0.29) is 31.1 Å². The Labute approximate surface area is 107 Å². The summed E-state index contributed by atoms with van der Waals surface area (Å²) in [5.41, 5.74) is 0. The number of urea groups is 1. The third kappa shape index (κ3) is 4.27. The van der Waals surface area contributed by atoms with Crippen molar-refractivity contribution in [3.63, 3.8) is 0 Å². The number of carbonyl (C=O) groups excluding carboxylic acids is 2. The molecule has 2 rings (SSSR count). The topological polar surface area (TPSA) is 81.7 Å². The Balaban J connectivity index is 1.63. The first kappa shape index (κ1) is 13.3. The van der Waals surface area contributed by atoms with Crippen LogP contribution in [-0.4, -0.2) is 54.2 Å². The molecule has 3 amide bonds. The molecule has 102 valence electrons. The number of nitrogens with one attached hydrogen (secondary N) is 2. The van der Waals surface area contributed by atoms with Crippen molar-refractivity contribution < 1.29 is 14.7 Å². The first-order valence-electron chi connectivity index (χ1n) is 6.61. The van der Waals surface area contributed by atoms with Gasteiger partial charge in [-0.2, -0.15) is 0 Å². The maximum atomic E-state index is 11.6. The van der Waals surface area contributed by atoms with Crippen LogP contribution in [0.15, 0.2) is 0 Å². The Hall–Kier alpha value is -1.14. The molecule has 1 saturated carbocycles. The molecule has 1 aliphatic heterocycles. The van der Waals surface area contributed by atoms with Crippen LogP contribution in [0.4, 0.5) is 4.79 Å². The highest BCUT2D eigenvalue weighted by atomic mass is 16.3. The number of carbonyl (C=O) groups is 2. The van der Waals surface area contributed by atoms with E-state index in [1.54, 1.807) is 0 Å². The molecule has 0 aromatic heterocycles. The fourth-order valence-corrected chi connectivity index (χ4v) is 2.29. The Bertz CT molecular complexity index is 318. The van der Waals surface area contributed by atoms with Crippen molar-refractivity contribution in [3.8, 4) is 0 Å². The zero-order chi connectivity index (χ0) is 13.0. The summed E-state index contributed by atoms with van der Waals surface area (Å²) in [6, 6.07) is -0.118. The maximum absolute atomic E-state index is 11.6. The van der Waals surface area contributed by atoms with Crippen LogP contribution >= 0.6 is 0 Å². The summed E-state index contributed by atoms with van der Waals surface area (Å²) in [6.45, 7) is 2.16. The van der Waals surface area contributed by atoms with Gasteiger partial charge in [-0.1, -0.05) is 0 Å². The van der Waals surface area contributed by atoms with Crippen LogP contribution in [0.2, 0.25) is 0 Å². The van der Waals surface area contributed by atoms with Crippen molar-refractivity contribution in [2.75, 3.05) is 26.2 Å². The molecule has 0 bridgehead atoms. The third-order valence-electron chi connectivity index (χ3n) is 3.44. The highest BCUT2D eigenvalue weighted by Gasteiger charge is 2.26. The second-order valence-corrected chi connectivity index (χ2v) is 5.20. The molecule has 6 nitrogen and oxygen atoms in total. The molecule has 0 radical (unpaired) electrons. The summed E-state index contributed by atoms with van der Waals surface area (Å²) in [4.78, 5) is 25.0. The zero-order valence-corrected chi connectivity index (χ0v) is 10.5. The summed E-state index contributed by atoms with van der Waals surface area (Å²) < 4.78 is 0. The van der Waals surface area contributed by atoms with Gasteiger partial charge in [-0.25, -0.2) is 4.79 Å². The van der Waals surface area contributed by atoms with Crippen molar-refractivity contribution in [1.82, 2.24) is 15.5 Å². The minimum Gasteiger partial charge on any atom is -0.396 e. The van der Waals surface area contributed by atoms with Crippen molar-refractivity contribution in [3.05, 3.63) is 0 Å². The van der Waals surface area contributed by atoms with Crippen LogP contribution < -0.4 is 10.6 Å². The lowest BCUT2D eigenvalue weighted by molar-refractivity contribution is -0.120. The van der Waals surface area contributed by atoms with Crippen LogP contribution in [-0.2, 0) is 4.79 Å². The molecule has 1 unspecified atom stereocenters. The number of likely N-dealkylation sites (tertiary alicyclic amines) is 1. The van der Waals surface area contributed by atoms with Crippen molar-refractivity contribution in [1.29, 1.82) is 0 Å². The predicted molar refractivity (Wildman–Crippen MR) is 65.9 cm³/mol. The van der Waals surface area contributed by atoms with E-state index in [4.69, 9.17) is 5.11 Å². The van der Waals surface area contributed by atoms with Crippen LogP contribution in [0.5, 0.6) is 0 Å². The van der Waals surface area contributed by atoms with Gasteiger partial charge in [0.25, 0.3) is 0 Å². The number of rotatable bonds is 5. The molecule has 1 aliphatic carbocycles. The second-order valence-electron chi connectivity index (χ2n) is 5.20. The summed E-state index contributed by atoms with van der Waals surface area (Å²) in [7, 11) is 0. The molecule has 0 aromatic rings. The van der Waals surface area contributed by atoms with Crippen molar-refractivity contribution >= 4 is 11.9 Å². The number of hydrogen-bond acceptors (Lipinski definition) is 4. The zero-order valence-electron chi connectivity index (χ0n) is 10.5. The Kier molecular flexibility index (Phi) is 4.54. The number of hydrogen-bond donors (Lipinski definition) is 3. The summed E-state index contributed by atoms with van der Waals surface area (Å²) in [5, 5.41) is 13.9. The van der Waals surface area contributed by atoms with Gasteiger partial charge in [-0.3, -0.25) is 15.0 Å². The quantitative estimate of drug-likeness (QED) is 0.629. The van der Waals surface area contributed by atoms with Gasteiger partial charge in [-0.05, 0) is 38.1 Å². The van der Waals surface area contributed by atoms with Gasteiger partial charge in [-0.15, -0.1) is 0 Å². The molecule has 18 heavy (non-hydrogen) atoms. The highest BCUT2D eigenvalue weighted by molar-refractivity contribution is 5.95. The fourth-order valence-electron chi connectivity index (χ4n) is 2.29. The summed E-state index contributed by atoms with van der Waals surface area (Å²) in [6.07, 6.45) is 3.83. The lowest BCUT2D eigenvalue weighted by Crippen LogP contribution is -2.44. The van der Waals surface area contributed by atoms with E-state index in [1.165, 1.54) is 0 Å². The average Bonchev–Trinajstić information content (AvgIpc) is 2.99. The van der Waals surface area contributed by atoms with Crippen LogP contribution in [0.1, 0.15) is 25.7 Å². The maximum Gasteiger partial charge on any atom is 0.321 e.